The second-order valence-electron chi connectivity index (χ2n) is 9.12. The summed E-state index contributed by atoms with van der Waals surface area (Å²) < 4.78 is 11.9. The van der Waals surface area contributed by atoms with Crippen molar-refractivity contribution in [3.63, 3.8) is 0 Å². The van der Waals surface area contributed by atoms with E-state index in [2.05, 4.69) is 58.8 Å². The summed E-state index contributed by atoms with van der Waals surface area (Å²) in [6, 6.07) is 12.8. The first-order valence-corrected chi connectivity index (χ1v) is 13.1. The molecule has 4 rings (SSSR count). The normalized spacial score (nSPS) is 25.8. The predicted molar refractivity (Wildman–Crippen MR) is 134 cm³/mol. The van der Waals surface area contributed by atoms with Crippen molar-refractivity contribution >= 4 is 17.3 Å². The lowest BCUT2D eigenvalue weighted by atomic mass is 9.94. The lowest BCUT2D eigenvalue weighted by Gasteiger charge is -2.37. The Kier molecular flexibility index (Phi) is 9.30. The van der Waals surface area contributed by atoms with Crippen molar-refractivity contribution < 1.29 is 24.5 Å². The van der Waals surface area contributed by atoms with Gasteiger partial charge in [0, 0.05) is 42.8 Å². The van der Waals surface area contributed by atoms with Crippen LogP contribution in [0.3, 0.4) is 0 Å². The minimum absolute atomic E-state index is 0.0245. The number of ether oxygens (including phenoxy) is 2. The van der Waals surface area contributed by atoms with Gasteiger partial charge >= 0.3 is 5.97 Å². The Morgan fingerprint density at radius 1 is 1.18 bits per heavy atom. The molecule has 2 fully saturated rings. The van der Waals surface area contributed by atoms with Gasteiger partial charge in [-0.05, 0) is 41.8 Å². The summed E-state index contributed by atoms with van der Waals surface area (Å²) in [5.41, 5.74) is 2.35. The van der Waals surface area contributed by atoms with Crippen LogP contribution in [0, 0.1) is 5.92 Å². The van der Waals surface area contributed by atoms with E-state index in [1.165, 1.54) is 10.4 Å². The van der Waals surface area contributed by atoms with Gasteiger partial charge in [-0.15, -0.1) is 11.3 Å². The zero-order chi connectivity index (χ0) is 23.8. The third kappa shape index (κ3) is 6.77. The number of morpholine rings is 1. The minimum atomic E-state index is -0.753. The first-order chi connectivity index (χ1) is 16.6. The number of carboxylic acid groups (broad SMARTS) is 1. The van der Waals surface area contributed by atoms with E-state index >= 15 is 0 Å². The van der Waals surface area contributed by atoms with E-state index in [9.17, 15) is 9.90 Å². The molecule has 6 nitrogen and oxygen atoms in total. The van der Waals surface area contributed by atoms with Gasteiger partial charge in [-0.2, -0.15) is 0 Å². The Hall–Kier alpha value is -2.03. The van der Waals surface area contributed by atoms with Crippen molar-refractivity contribution in [1.82, 2.24) is 4.90 Å². The fourth-order valence-corrected chi connectivity index (χ4v) is 5.82. The molecule has 7 heteroatoms. The number of aliphatic hydroxyl groups excluding tert-OH is 1. The van der Waals surface area contributed by atoms with Crippen LogP contribution in [0.25, 0.3) is 10.4 Å². The first-order valence-electron chi connectivity index (χ1n) is 12.2. The molecular formula is C27H35NO5S. The summed E-state index contributed by atoms with van der Waals surface area (Å²) in [4.78, 5) is 14.3. The molecule has 1 aromatic carbocycles. The molecule has 1 aromatic heterocycles. The molecule has 0 radical (unpaired) electrons. The van der Waals surface area contributed by atoms with Gasteiger partial charge in [0.05, 0.1) is 32.0 Å². The van der Waals surface area contributed by atoms with Crippen LogP contribution >= 0.6 is 11.3 Å². The zero-order valence-corrected chi connectivity index (χ0v) is 20.4. The number of unbranched alkanes of at least 4 members (excludes halogenated alkanes) is 1. The molecule has 0 spiro atoms. The third-order valence-electron chi connectivity index (χ3n) is 6.81. The van der Waals surface area contributed by atoms with E-state index in [0.717, 1.165) is 31.5 Å². The SMILES string of the molecule is O=C(O)CCC/C=C\C[C@@H]1[C@@H](N2CCOCC2)[C@H](O)C[C@@H]1OCc1ccc(-c2cccs2)cc1. The van der Waals surface area contributed by atoms with Crippen LogP contribution in [0.2, 0.25) is 0 Å². The fourth-order valence-electron chi connectivity index (χ4n) is 5.08. The van der Waals surface area contributed by atoms with Gasteiger partial charge in [-0.25, -0.2) is 0 Å². The van der Waals surface area contributed by atoms with E-state index < -0.39 is 12.1 Å². The maximum absolute atomic E-state index is 11.0. The molecule has 1 saturated carbocycles. The molecule has 0 bridgehead atoms. The lowest BCUT2D eigenvalue weighted by Crippen LogP contribution is -2.50. The Morgan fingerprint density at radius 2 is 1.97 bits per heavy atom. The molecule has 1 aliphatic heterocycles. The van der Waals surface area contributed by atoms with Crippen LogP contribution in [-0.2, 0) is 20.9 Å². The number of hydrogen-bond donors (Lipinski definition) is 2. The molecular weight excluding hydrogens is 450 g/mol. The average molecular weight is 486 g/mol. The molecule has 0 unspecified atom stereocenters. The molecule has 1 aliphatic carbocycles. The number of thiophene rings is 1. The quantitative estimate of drug-likeness (QED) is 0.358. The largest absolute Gasteiger partial charge is 0.481 e. The van der Waals surface area contributed by atoms with E-state index in [-0.39, 0.29) is 24.5 Å². The molecule has 34 heavy (non-hydrogen) atoms. The number of aliphatic hydroxyl groups is 1. The number of nitrogens with zero attached hydrogens (tertiary/aromatic N) is 1. The highest BCUT2D eigenvalue weighted by molar-refractivity contribution is 7.13. The Morgan fingerprint density at radius 3 is 2.68 bits per heavy atom. The lowest BCUT2D eigenvalue weighted by molar-refractivity contribution is -0.137. The van der Waals surface area contributed by atoms with Gasteiger partial charge in [0.15, 0.2) is 0 Å². The third-order valence-corrected chi connectivity index (χ3v) is 7.73. The number of aliphatic carboxylic acids is 1. The van der Waals surface area contributed by atoms with Gasteiger partial charge in [0.25, 0.3) is 0 Å². The van der Waals surface area contributed by atoms with E-state index in [4.69, 9.17) is 14.6 Å². The number of carbonyl (C=O) groups is 1. The summed E-state index contributed by atoms with van der Waals surface area (Å²) in [7, 11) is 0. The second kappa shape index (κ2) is 12.6. The number of hydrogen-bond acceptors (Lipinski definition) is 6. The van der Waals surface area contributed by atoms with Crippen LogP contribution in [0.1, 0.15) is 37.7 Å². The molecule has 184 valence electrons. The van der Waals surface area contributed by atoms with Gasteiger partial charge < -0.3 is 19.7 Å². The van der Waals surface area contributed by atoms with Gasteiger partial charge in [0.2, 0.25) is 0 Å². The van der Waals surface area contributed by atoms with Crippen LogP contribution < -0.4 is 0 Å². The number of rotatable bonds is 11. The van der Waals surface area contributed by atoms with Gasteiger partial charge in [0.1, 0.15) is 0 Å². The van der Waals surface area contributed by atoms with Crippen LogP contribution in [0.15, 0.2) is 53.9 Å². The standard InChI is InChI=1S/C27H35NO5S/c29-23-18-24(33-19-20-9-11-21(12-10-20)25-7-5-17-34-25)22(6-3-1-2-4-8-26(30)31)27(23)28-13-15-32-16-14-28/h1,3,5,7,9-12,17,22-24,27,29H,2,4,6,8,13-16,18-19H2,(H,30,31)/b3-1-/t22-,23+,24-,27+/m0/s1. The van der Waals surface area contributed by atoms with E-state index in [0.29, 0.717) is 32.7 Å². The molecule has 0 amide bonds. The van der Waals surface area contributed by atoms with Gasteiger partial charge in [-0.3, -0.25) is 9.69 Å². The van der Waals surface area contributed by atoms with E-state index in [1.54, 1.807) is 11.3 Å². The zero-order valence-electron chi connectivity index (χ0n) is 19.6. The topological polar surface area (TPSA) is 79.2 Å². The monoisotopic (exact) mass is 485 g/mol. The second-order valence-corrected chi connectivity index (χ2v) is 10.1. The maximum atomic E-state index is 11.0. The minimum Gasteiger partial charge on any atom is -0.481 e. The predicted octanol–water partition coefficient (Wildman–Crippen LogP) is 4.58. The van der Waals surface area contributed by atoms with Crippen molar-refractivity contribution in [2.75, 3.05) is 26.3 Å². The number of benzene rings is 1. The molecule has 2 N–H and O–H groups in total. The van der Waals surface area contributed by atoms with Crippen LogP contribution in [0.4, 0.5) is 0 Å². The number of allylic oxidation sites excluding steroid dienone is 2. The molecule has 2 aliphatic rings. The first kappa shape index (κ1) is 25.1. The van der Waals surface area contributed by atoms with Crippen molar-refractivity contribution in [2.24, 2.45) is 5.92 Å². The average Bonchev–Trinajstić information content (AvgIpc) is 3.49. The van der Waals surface area contributed by atoms with Crippen LogP contribution in [-0.4, -0.2) is 65.6 Å². The smallest absolute Gasteiger partial charge is 0.303 e. The van der Waals surface area contributed by atoms with Crippen molar-refractivity contribution in [3.8, 4) is 10.4 Å². The maximum Gasteiger partial charge on any atom is 0.303 e. The Labute approximate surface area is 205 Å². The highest BCUT2D eigenvalue weighted by Crippen LogP contribution is 2.36. The fraction of sp³-hybridized carbons (Fsp3) is 0.519. The summed E-state index contributed by atoms with van der Waals surface area (Å²) in [5.74, 6) is -0.564. The van der Waals surface area contributed by atoms with Crippen molar-refractivity contribution in [3.05, 3.63) is 59.5 Å². The summed E-state index contributed by atoms with van der Waals surface area (Å²) in [6.45, 7) is 3.58. The summed E-state index contributed by atoms with van der Waals surface area (Å²) in [5, 5.41) is 21.9. The molecule has 1 saturated heterocycles. The summed E-state index contributed by atoms with van der Waals surface area (Å²) >= 11 is 1.74. The molecule has 2 aromatic rings. The Balaban J connectivity index is 1.38. The summed E-state index contributed by atoms with van der Waals surface area (Å²) in [6.07, 6.45) is 6.81. The van der Waals surface area contributed by atoms with Crippen molar-refractivity contribution in [1.29, 1.82) is 0 Å². The Bertz CT molecular complexity index is 908. The van der Waals surface area contributed by atoms with Crippen LogP contribution in [0.5, 0.6) is 0 Å². The van der Waals surface area contributed by atoms with Crippen molar-refractivity contribution in [2.45, 2.75) is 57.0 Å². The molecule has 2 heterocycles. The highest BCUT2D eigenvalue weighted by Gasteiger charge is 2.45. The van der Waals surface area contributed by atoms with Gasteiger partial charge in [-0.1, -0.05) is 42.5 Å². The number of carboxylic acids is 1. The van der Waals surface area contributed by atoms with E-state index in [1.807, 2.05) is 0 Å². The highest BCUT2D eigenvalue weighted by atomic mass is 32.1. The molecule has 4 atom stereocenters.